The maximum absolute atomic E-state index is 11.5. The first-order chi connectivity index (χ1) is 5.80. The molecular formula is C8H18N2O2S. The molecule has 5 heteroatoms. The first-order valence-electron chi connectivity index (χ1n) is 4.46. The highest BCUT2D eigenvalue weighted by atomic mass is 32.2. The Hall–Kier alpha value is -0.130. The molecule has 0 heterocycles. The van der Waals surface area contributed by atoms with Crippen molar-refractivity contribution >= 4 is 9.84 Å². The summed E-state index contributed by atoms with van der Waals surface area (Å²) >= 11 is 0. The molecule has 1 saturated carbocycles. The van der Waals surface area contributed by atoms with Crippen molar-refractivity contribution in [1.82, 2.24) is 5.43 Å². The van der Waals surface area contributed by atoms with Crippen molar-refractivity contribution < 1.29 is 8.42 Å². The summed E-state index contributed by atoms with van der Waals surface area (Å²) in [5.74, 6) is 5.81. The molecule has 1 aliphatic rings. The lowest BCUT2D eigenvalue weighted by atomic mass is 9.99. The molecule has 0 amide bonds. The molecule has 4 nitrogen and oxygen atoms in total. The summed E-state index contributed by atoms with van der Waals surface area (Å²) in [6.45, 7) is 3.45. The Labute approximate surface area is 79.8 Å². The fourth-order valence-corrected chi connectivity index (χ4v) is 2.29. The molecular weight excluding hydrogens is 188 g/mol. The number of hydrogen-bond acceptors (Lipinski definition) is 4. The van der Waals surface area contributed by atoms with E-state index in [1.807, 2.05) is 0 Å². The van der Waals surface area contributed by atoms with Gasteiger partial charge in [0.25, 0.3) is 0 Å². The van der Waals surface area contributed by atoms with Crippen LogP contribution in [0, 0.1) is 5.92 Å². The number of nitrogens with two attached hydrogens (primary N) is 1. The molecule has 13 heavy (non-hydrogen) atoms. The standard InChI is InChI=1S/C8H18N2O2S/c1-8(2,13(3,11)12)7(10-9)6-4-5-6/h6-7,10H,4-5,9H2,1-3H3. The van der Waals surface area contributed by atoms with E-state index in [0.717, 1.165) is 12.8 Å². The molecule has 1 atom stereocenters. The second-order valence-corrected chi connectivity index (χ2v) is 6.95. The molecule has 78 valence electrons. The number of hydrogen-bond donors (Lipinski definition) is 2. The molecule has 0 bridgehead atoms. The Morgan fingerprint density at radius 1 is 1.46 bits per heavy atom. The molecule has 1 aliphatic carbocycles. The third-order valence-corrected chi connectivity index (χ3v) is 5.14. The Balaban J connectivity index is 2.88. The first kappa shape index (κ1) is 10.9. The van der Waals surface area contributed by atoms with Gasteiger partial charge in [0.15, 0.2) is 9.84 Å². The van der Waals surface area contributed by atoms with Crippen molar-refractivity contribution in [1.29, 1.82) is 0 Å². The SMILES string of the molecule is CC(C)(C(NN)C1CC1)S(C)(=O)=O. The summed E-state index contributed by atoms with van der Waals surface area (Å²) in [5.41, 5.74) is 2.63. The van der Waals surface area contributed by atoms with Gasteiger partial charge >= 0.3 is 0 Å². The predicted molar refractivity (Wildman–Crippen MR) is 52.8 cm³/mol. The van der Waals surface area contributed by atoms with Gasteiger partial charge in [-0.3, -0.25) is 11.3 Å². The van der Waals surface area contributed by atoms with Gasteiger partial charge in [0, 0.05) is 12.3 Å². The number of nitrogens with one attached hydrogen (secondary N) is 1. The average molecular weight is 206 g/mol. The Bertz CT molecular complexity index is 281. The van der Waals surface area contributed by atoms with Gasteiger partial charge in [0.05, 0.1) is 4.75 Å². The van der Waals surface area contributed by atoms with Gasteiger partial charge in [-0.2, -0.15) is 0 Å². The van der Waals surface area contributed by atoms with Gasteiger partial charge in [-0.05, 0) is 32.6 Å². The summed E-state index contributed by atoms with van der Waals surface area (Å²) < 4.78 is 22.2. The lowest BCUT2D eigenvalue weighted by Crippen LogP contribution is -2.55. The molecule has 1 fully saturated rings. The van der Waals surface area contributed by atoms with Crippen molar-refractivity contribution in [3.63, 3.8) is 0 Å². The van der Waals surface area contributed by atoms with Crippen LogP contribution >= 0.6 is 0 Å². The van der Waals surface area contributed by atoms with Gasteiger partial charge in [-0.1, -0.05) is 0 Å². The maximum Gasteiger partial charge on any atom is 0.154 e. The lowest BCUT2D eigenvalue weighted by Gasteiger charge is -2.32. The summed E-state index contributed by atoms with van der Waals surface area (Å²) in [4.78, 5) is 0. The summed E-state index contributed by atoms with van der Waals surface area (Å²) in [6, 6.07) is -0.123. The summed E-state index contributed by atoms with van der Waals surface area (Å²) in [5, 5.41) is 0. The second kappa shape index (κ2) is 3.22. The fraction of sp³-hybridized carbons (Fsp3) is 1.00. The van der Waals surface area contributed by atoms with Crippen LogP contribution in [0.4, 0.5) is 0 Å². The summed E-state index contributed by atoms with van der Waals surface area (Å²) in [6.07, 6.45) is 3.42. The van der Waals surface area contributed by atoms with E-state index in [-0.39, 0.29) is 6.04 Å². The van der Waals surface area contributed by atoms with E-state index >= 15 is 0 Å². The quantitative estimate of drug-likeness (QED) is 0.503. The topological polar surface area (TPSA) is 72.2 Å². The van der Waals surface area contributed by atoms with Crippen LogP contribution in [0.1, 0.15) is 26.7 Å². The molecule has 0 aromatic carbocycles. The highest BCUT2D eigenvalue weighted by molar-refractivity contribution is 7.92. The molecule has 0 aromatic rings. The zero-order valence-electron chi connectivity index (χ0n) is 8.37. The smallest absolute Gasteiger partial charge is 0.154 e. The number of rotatable bonds is 4. The van der Waals surface area contributed by atoms with E-state index in [9.17, 15) is 8.42 Å². The van der Waals surface area contributed by atoms with Crippen molar-refractivity contribution in [2.24, 2.45) is 11.8 Å². The fourth-order valence-electron chi connectivity index (χ4n) is 1.56. The Kier molecular flexibility index (Phi) is 2.71. The highest BCUT2D eigenvalue weighted by Gasteiger charge is 2.46. The molecule has 0 spiro atoms. The Morgan fingerprint density at radius 2 is 1.92 bits per heavy atom. The van der Waals surface area contributed by atoms with Gasteiger partial charge in [0.2, 0.25) is 0 Å². The minimum Gasteiger partial charge on any atom is -0.271 e. The van der Waals surface area contributed by atoms with E-state index in [2.05, 4.69) is 5.43 Å². The van der Waals surface area contributed by atoms with Gasteiger partial charge in [-0.25, -0.2) is 8.42 Å². The zero-order chi connectivity index (χ0) is 10.3. The van der Waals surface area contributed by atoms with E-state index in [1.54, 1.807) is 13.8 Å². The molecule has 1 rings (SSSR count). The largest absolute Gasteiger partial charge is 0.271 e. The molecule has 1 unspecified atom stereocenters. The minimum atomic E-state index is -3.06. The maximum atomic E-state index is 11.5. The van der Waals surface area contributed by atoms with Crippen LogP contribution in [0.2, 0.25) is 0 Å². The lowest BCUT2D eigenvalue weighted by molar-refractivity contribution is 0.378. The number of sulfone groups is 1. The van der Waals surface area contributed by atoms with E-state index in [4.69, 9.17) is 5.84 Å². The van der Waals surface area contributed by atoms with Gasteiger partial charge in [0.1, 0.15) is 0 Å². The molecule has 0 aliphatic heterocycles. The highest BCUT2D eigenvalue weighted by Crippen LogP contribution is 2.39. The molecule has 3 N–H and O–H groups in total. The van der Waals surface area contributed by atoms with Crippen LogP contribution in [0.3, 0.4) is 0 Å². The van der Waals surface area contributed by atoms with E-state index in [0.29, 0.717) is 5.92 Å². The Morgan fingerprint density at radius 3 is 2.15 bits per heavy atom. The third-order valence-electron chi connectivity index (χ3n) is 2.98. The van der Waals surface area contributed by atoms with Crippen molar-refractivity contribution in [2.75, 3.05) is 6.26 Å². The van der Waals surface area contributed by atoms with Crippen molar-refractivity contribution in [3.8, 4) is 0 Å². The van der Waals surface area contributed by atoms with E-state index < -0.39 is 14.6 Å². The van der Waals surface area contributed by atoms with Crippen LogP contribution in [0.5, 0.6) is 0 Å². The predicted octanol–water partition coefficient (Wildman–Crippen LogP) is 0.0515. The number of hydrazine groups is 1. The molecule has 0 saturated heterocycles. The van der Waals surface area contributed by atoms with Crippen LogP contribution in [0.15, 0.2) is 0 Å². The molecule has 0 aromatic heterocycles. The normalized spacial score (nSPS) is 21.5. The monoisotopic (exact) mass is 206 g/mol. The average Bonchev–Trinajstić information content (AvgIpc) is 2.69. The van der Waals surface area contributed by atoms with Crippen molar-refractivity contribution in [2.45, 2.75) is 37.5 Å². The van der Waals surface area contributed by atoms with Crippen LogP contribution in [0.25, 0.3) is 0 Å². The van der Waals surface area contributed by atoms with Crippen molar-refractivity contribution in [3.05, 3.63) is 0 Å². The van der Waals surface area contributed by atoms with Crippen LogP contribution in [-0.2, 0) is 9.84 Å². The second-order valence-electron chi connectivity index (χ2n) is 4.36. The van der Waals surface area contributed by atoms with E-state index in [1.165, 1.54) is 6.26 Å². The van der Waals surface area contributed by atoms with Gasteiger partial charge in [-0.15, -0.1) is 0 Å². The molecule has 0 radical (unpaired) electrons. The first-order valence-corrected chi connectivity index (χ1v) is 6.35. The summed E-state index contributed by atoms with van der Waals surface area (Å²) in [7, 11) is -3.06. The van der Waals surface area contributed by atoms with Gasteiger partial charge < -0.3 is 0 Å². The van der Waals surface area contributed by atoms with Crippen LogP contribution in [-0.4, -0.2) is 25.5 Å². The zero-order valence-corrected chi connectivity index (χ0v) is 9.19. The van der Waals surface area contributed by atoms with Crippen LogP contribution < -0.4 is 11.3 Å². The third kappa shape index (κ3) is 2.03. The minimum absolute atomic E-state index is 0.123.